The van der Waals surface area contributed by atoms with E-state index < -0.39 is 79.4 Å². The fraction of sp³-hybridized carbons (Fsp3) is 0.667. The Bertz CT molecular complexity index is 2190. The topological polar surface area (TPSA) is 154 Å². The molecule has 370 valence electrons. The Morgan fingerprint density at radius 1 is 0.667 bits per heavy atom. The van der Waals surface area contributed by atoms with E-state index in [4.69, 9.17) is 28.9 Å². The van der Waals surface area contributed by atoms with Crippen molar-refractivity contribution in [2.75, 3.05) is 75.3 Å². The highest BCUT2D eigenvalue weighted by molar-refractivity contribution is 8.32. The lowest BCUT2D eigenvalue weighted by atomic mass is 9.98. The molecule has 2 saturated heterocycles. The number of hydrogen-bond donors (Lipinski definition) is 2. The number of carbonyl (C=O) groups is 2. The molecule has 0 spiro atoms. The van der Waals surface area contributed by atoms with Gasteiger partial charge in [0.15, 0.2) is 0 Å². The minimum atomic E-state index is -1.36. The molecule has 4 heterocycles. The van der Waals surface area contributed by atoms with Gasteiger partial charge in [0.25, 0.3) is 0 Å². The Balaban J connectivity index is 1.25. The summed E-state index contributed by atoms with van der Waals surface area (Å²) in [5, 5.41) is 22.9. The quantitative estimate of drug-likeness (QED) is 0.0979. The number of fused-ring (bicyclic) bond motifs is 2. The highest BCUT2D eigenvalue weighted by atomic mass is 32.3. The van der Waals surface area contributed by atoms with Crippen molar-refractivity contribution >= 4 is 54.3 Å². The predicted octanol–water partition coefficient (Wildman–Crippen LogP) is 9.69. The van der Waals surface area contributed by atoms with E-state index in [9.17, 15) is 19.8 Å². The average Bonchev–Trinajstić information content (AvgIpc) is 4.00. The maximum atomic E-state index is 16.2. The molecule has 0 saturated carbocycles. The maximum Gasteiger partial charge on any atom is 0.410 e. The third-order valence-corrected chi connectivity index (χ3v) is 14.5. The van der Waals surface area contributed by atoms with Crippen molar-refractivity contribution in [3.8, 4) is 0 Å². The van der Waals surface area contributed by atoms with Crippen LogP contribution in [0, 0.1) is 11.6 Å². The van der Waals surface area contributed by atoms with Gasteiger partial charge < -0.3 is 38.3 Å². The van der Waals surface area contributed by atoms with Gasteiger partial charge in [-0.05, 0) is 130 Å². The highest BCUT2D eigenvalue weighted by Gasteiger charge is 2.38. The molecule has 2 amide bonds. The largest absolute Gasteiger partial charge is 0.444 e. The van der Waals surface area contributed by atoms with Gasteiger partial charge in [0.1, 0.15) is 47.9 Å². The van der Waals surface area contributed by atoms with Crippen molar-refractivity contribution in [2.45, 2.75) is 129 Å². The fourth-order valence-corrected chi connectivity index (χ4v) is 9.59. The van der Waals surface area contributed by atoms with Gasteiger partial charge in [0, 0.05) is 47.9 Å². The molecule has 0 bridgehead atoms. The molecule has 4 aromatic rings. The molecule has 2 aliphatic heterocycles. The summed E-state index contributed by atoms with van der Waals surface area (Å²) in [5.74, 6) is 1.49. The molecule has 2 aromatic heterocycles. The first kappa shape index (κ1) is 51.7. The van der Waals surface area contributed by atoms with Crippen LogP contribution in [0.5, 0.6) is 0 Å². The van der Waals surface area contributed by atoms with Crippen molar-refractivity contribution in [3.05, 3.63) is 58.7 Å². The van der Waals surface area contributed by atoms with Crippen LogP contribution in [0.3, 0.4) is 0 Å². The normalized spacial score (nSPS) is 19.0. The standard InChI is InChI=1S/C48H74F2N6O8S2/c1-47(2,3)63-45(59)53-19-13-15-37(53)43-51-35-25-31(33(49)27-39(35)55(43)29-61-21-23-65(7,8)9)41(57)17-18-42(58)32-26-36-40(28-34(32)50)56(30-62-22-24-66(10,11)12)44(52-36)38-16-14-20-54(38)46(60)64-48(4,5)6/h25-28,37-38,41-42,57-58H,13-24,29-30H2,1-12H3/t37-,38-,41-,42-/m0/s1. The van der Waals surface area contributed by atoms with Crippen LogP contribution >= 0.6 is 20.1 Å². The highest BCUT2D eigenvalue weighted by Crippen LogP contribution is 2.40. The lowest BCUT2D eigenvalue weighted by molar-refractivity contribution is 0.0196. The summed E-state index contributed by atoms with van der Waals surface area (Å²) in [7, 11) is -1.65. The molecule has 0 unspecified atom stereocenters. The number of rotatable bonds is 17. The molecule has 14 nitrogen and oxygen atoms in total. The van der Waals surface area contributed by atoms with Gasteiger partial charge in [-0.15, -0.1) is 0 Å². The fourth-order valence-electron chi connectivity index (χ4n) is 8.36. The van der Waals surface area contributed by atoms with Gasteiger partial charge in [-0.25, -0.2) is 48.4 Å². The van der Waals surface area contributed by atoms with Crippen LogP contribution in [0.25, 0.3) is 22.1 Å². The smallest absolute Gasteiger partial charge is 0.410 e. The summed E-state index contributed by atoms with van der Waals surface area (Å²) in [6, 6.07) is 4.79. The number of amides is 2. The van der Waals surface area contributed by atoms with Gasteiger partial charge in [-0.1, -0.05) is 0 Å². The first-order chi connectivity index (χ1) is 30.7. The molecule has 0 aliphatic carbocycles. The second-order valence-corrected chi connectivity index (χ2v) is 30.6. The summed E-state index contributed by atoms with van der Waals surface area (Å²) in [4.78, 5) is 39.9. The number of nitrogens with zero attached hydrogens (tertiary/aromatic N) is 6. The van der Waals surface area contributed by atoms with Crippen LogP contribution in [0.4, 0.5) is 18.4 Å². The van der Waals surface area contributed by atoms with Gasteiger partial charge in [-0.2, -0.15) is 0 Å². The summed E-state index contributed by atoms with van der Waals surface area (Å²) in [5.41, 5.74) is 0.327. The number of halogens is 2. The first-order valence-electron chi connectivity index (χ1n) is 22.9. The van der Waals surface area contributed by atoms with Crippen LogP contribution in [0.2, 0.25) is 0 Å². The second-order valence-electron chi connectivity index (χ2n) is 21.5. The Labute approximate surface area is 392 Å². The molecule has 2 aliphatic rings. The molecule has 2 fully saturated rings. The number of hydrogen-bond acceptors (Lipinski definition) is 10. The zero-order valence-electron chi connectivity index (χ0n) is 41.1. The third kappa shape index (κ3) is 13.1. The van der Waals surface area contributed by atoms with Gasteiger partial charge >= 0.3 is 12.2 Å². The summed E-state index contributed by atoms with van der Waals surface area (Å²) in [6.07, 6.45) is 12.2. The third-order valence-electron chi connectivity index (χ3n) is 11.7. The van der Waals surface area contributed by atoms with E-state index >= 15 is 8.78 Å². The summed E-state index contributed by atoms with van der Waals surface area (Å²) in [6.45, 7) is 13.0. The Kier molecular flexibility index (Phi) is 16.1. The van der Waals surface area contributed by atoms with Crippen molar-refractivity contribution in [1.82, 2.24) is 28.9 Å². The monoisotopic (exact) mass is 964 g/mol. The van der Waals surface area contributed by atoms with E-state index in [1.807, 2.05) is 41.5 Å². The van der Waals surface area contributed by atoms with E-state index in [1.165, 1.54) is 24.3 Å². The Hall–Kier alpha value is -3.68. The van der Waals surface area contributed by atoms with E-state index in [-0.39, 0.29) is 37.4 Å². The van der Waals surface area contributed by atoms with Crippen LogP contribution < -0.4 is 0 Å². The van der Waals surface area contributed by atoms with Crippen LogP contribution in [0.1, 0.15) is 127 Å². The maximum absolute atomic E-state index is 16.2. The minimum Gasteiger partial charge on any atom is -0.444 e. The minimum absolute atomic E-state index is 0.0166. The van der Waals surface area contributed by atoms with E-state index in [0.29, 0.717) is 72.9 Å². The molecule has 66 heavy (non-hydrogen) atoms. The number of carbonyl (C=O) groups excluding carboxylic acids is 2. The van der Waals surface area contributed by atoms with Crippen molar-refractivity contribution in [1.29, 1.82) is 0 Å². The number of imidazole rings is 2. The van der Waals surface area contributed by atoms with Crippen LogP contribution in [-0.2, 0) is 32.4 Å². The van der Waals surface area contributed by atoms with Gasteiger partial charge in [-0.3, -0.25) is 9.80 Å². The number of aliphatic hydroxyl groups is 2. The lowest BCUT2D eigenvalue weighted by Crippen LogP contribution is -2.37. The number of benzene rings is 2. The Morgan fingerprint density at radius 3 is 1.36 bits per heavy atom. The van der Waals surface area contributed by atoms with E-state index in [2.05, 4.69) is 37.5 Å². The van der Waals surface area contributed by atoms with E-state index in [1.54, 1.807) is 18.9 Å². The number of ether oxygens (including phenoxy) is 4. The number of likely N-dealkylation sites (tertiary alicyclic amines) is 2. The van der Waals surface area contributed by atoms with Gasteiger partial charge in [0.2, 0.25) is 0 Å². The lowest BCUT2D eigenvalue weighted by Gasteiger charge is -2.29. The van der Waals surface area contributed by atoms with Crippen molar-refractivity contribution in [2.24, 2.45) is 0 Å². The molecular weight excluding hydrogens is 891 g/mol. The first-order valence-corrected chi connectivity index (χ1v) is 29.0. The number of aromatic nitrogens is 4. The van der Waals surface area contributed by atoms with Crippen LogP contribution in [-0.4, -0.2) is 138 Å². The molecule has 4 atom stereocenters. The second kappa shape index (κ2) is 20.5. The molecule has 2 N–H and O–H groups in total. The zero-order chi connectivity index (χ0) is 48.5. The molecular formula is C48H74F2N6O8S2. The zero-order valence-corrected chi connectivity index (χ0v) is 42.8. The van der Waals surface area contributed by atoms with Gasteiger partial charge in [0.05, 0.1) is 59.6 Å². The summed E-state index contributed by atoms with van der Waals surface area (Å²) >= 11 is 0. The molecule has 0 radical (unpaired) electrons. The molecule has 18 heteroatoms. The van der Waals surface area contributed by atoms with Crippen molar-refractivity contribution in [3.63, 3.8) is 0 Å². The summed E-state index contributed by atoms with van der Waals surface area (Å²) < 4.78 is 59.7. The molecule has 6 rings (SSSR count). The Morgan fingerprint density at radius 2 is 1.03 bits per heavy atom. The van der Waals surface area contributed by atoms with E-state index in [0.717, 1.165) is 24.3 Å². The average molecular weight is 965 g/mol. The van der Waals surface area contributed by atoms with Crippen LogP contribution in [0.15, 0.2) is 24.3 Å². The number of aliphatic hydroxyl groups excluding tert-OH is 2. The van der Waals surface area contributed by atoms with Crippen molar-refractivity contribution < 1.29 is 47.5 Å². The SMILES string of the molecule is CC(C)(C)OC(=O)N1CCC[C@H]1c1nc2cc([C@@H](O)CC[C@H](O)c3cc4nc([C@@H]5CCCN5C(=O)OC(C)(C)C)n(COCCS(C)(C)C)c4cc3F)c(F)cc2n1COCCS(C)(C)C. The predicted molar refractivity (Wildman–Crippen MR) is 261 cm³/mol. The molecule has 2 aromatic carbocycles.